The average molecular weight is 511 g/mol. The predicted octanol–water partition coefficient (Wildman–Crippen LogP) is 4.01. The third kappa shape index (κ3) is 6.67. The molecule has 0 bridgehead atoms. The van der Waals surface area contributed by atoms with Crippen LogP contribution in [-0.2, 0) is 22.6 Å². The van der Waals surface area contributed by atoms with Crippen LogP contribution in [0.4, 0.5) is 0 Å². The van der Waals surface area contributed by atoms with Gasteiger partial charge in [-0.1, -0.05) is 67.9 Å². The van der Waals surface area contributed by atoms with Gasteiger partial charge in [0.05, 0.1) is 6.04 Å². The van der Waals surface area contributed by atoms with Gasteiger partial charge in [-0.25, -0.2) is 0 Å². The Bertz CT molecular complexity index is 1010. The van der Waals surface area contributed by atoms with Crippen molar-refractivity contribution in [1.29, 1.82) is 0 Å². The summed E-state index contributed by atoms with van der Waals surface area (Å²) in [5.41, 5.74) is 8.65. The van der Waals surface area contributed by atoms with Crippen LogP contribution in [0.3, 0.4) is 0 Å². The first-order valence-corrected chi connectivity index (χ1v) is 13.6. The van der Waals surface area contributed by atoms with Crippen LogP contribution in [0, 0.1) is 5.92 Å². The number of fused-ring (bicyclic) bond motifs is 1. The summed E-state index contributed by atoms with van der Waals surface area (Å²) < 4.78 is 0. The predicted molar refractivity (Wildman–Crippen MR) is 145 cm³/mol. The van der Waals surface area contributed by atoms with Gasteiger partial charge < -0.3 is 16.0 Å². The molecular formula is C29H39ClN4O2. The highest BCUT2D eigenvalue weighted by Gasteiger charge is 2.45. The second-order valence-corrected chi connectivity index (χ2v) is 11.1. The van der Waals surface area contributed by atoms with Crippen molar-refractivity contribution in [2.45, 2.75) is 76.7 Å². The Hall–Kier alpha value is -2.41. The maximum absolute atomic E-state index is 13.9. The van der Waals surface area contributed by atoms with Gasteiger partial charge in [0.2, 0.25) is 11.8 Å². The lowest BCUT2D eigenvalue weighted by atomic mass is 9.99. The molecule has 2 aromatic rings. The molecule has 6 nitrogen and oxygen atoms in total. The lowest BCUT2D eigenvalue weighted by Gasteiger charge is -2.33. The Morgan fingerprint density at radius 2 is 1.83 bits per heavy atom. The SMILES string of the molecule is CC(C)C[C@H](C(=O)NCc1ccc(Cl)cc1)N1CCC(CCc2ccccc2)N2C[C@H](N)C[C@H]2C1=O. The van der Waals surface area contributed by atoms with Crippen molar-refractivity contribution in [3.8, 4) is 0 Å². The molecule has 2 amide bonds. The molecule has 7 heteroatoms. The molecule has 0 aromatic heterocycles. The number of carbonyl (C=O) groups excluding carboxylic acids is 2. The van der Waals surface area contributed by atoms with E-state index in [0.717, 1.165) is 31.4 Å². The summed E-state index contributed by atoms with van der Waals surface area (Å²) >= 11 is 5.99. The molecule has 0 spiro atoms. The first kappa shape index (κ1) is 26.6. The summed E-state index contributed by atoms with van der Waals surface area (Å²) in [6, 6.07) is 17.5. The van der Waals surface area contributed by atoms with E-state index in [1.54, 1.807) is 0 Å². The largest absolute Gasteiger partial charge is 0.350 e. The lowest BCUT2D eigenvalue weighted by molar-refractivity contribution is -0.143. The van der Waals surface area contributed by atoms with E-state index in [1.807, 2.05) is 35.2 Å². The number of nitrogens with one attached hydrogen (secondary N) is 1. The molecule has 3 N–H and O–H groups in total. The van der Waals surface area contributed by atoms with Crippen LogP contribution in [-0.4, -0.2) is 58.9 Å². The van der Waals surface area contributed by atoms with Crippen molar-refractivity contribution >= 4 is 23.4 Å². The maximum atomic E-state index is 13.9. The number of hydrogen-bond donors (Lipinski definition) is 2. The van der Waals surface area contributed by atoms with E-state index < -0.39 is 6.04 Å². The minimum absolute atomic E-state index is 0.0135. The molecule has 0 radical (unpaired) electrons. The molecule has 2 heterocycles. The molecule has 4 rings (SSSR count). The highest BCUT2D eigenvalue weighted by molar-refractivity contribution is 6.30. The molecule has 1 unspecified atom stereocenters. The fraction of sp³-hybridized carbons (Fsp3) is 0.517. The van der Waals surface area contributed by atoms with E-state index in [-0.39, 0.29) is 35.9 Å². The van der Waals surface area contributed by atoms with Gasteiger partial charge in [0.25, 0.3) is 0 Å². The standard InChI is InChI=1S/C29H39ClN4O2/c1-20(2)16-26(28(35)32-18-22-8-11-23(30)12-9-22)33-15-14-25(13-10-21-6-4-3-5-7-21)34-19-24(31)17-27(34)29(33)36/h3-9,11-12,20,24-27H,10,13-19,31H2,1-2H3,(H,32,35)/t24-,25?,26-,27+/m1/s1. The van der Waals surface area contributed by atoms with Gasteiger partial charge in [-0.2, -0.15) is 0 Å². The zero-order valence-corrected chi connectivity index (χ0v) is 22.2. The van der Waals surface area contributed by atoms with E-state index >= 15 is 0 Å². The third-order valence-electron chi connectivity index (χ3n) is 7.47. The summed E-state index contributed by atoms with van der Waals surface area (Å²) in [4.78, 5) is 31.5. The summed E-state index contributed by atoms with van der Waals surface area (Å²) in [5, 5.41) is 3.74. The van der Waals surface area contributed by atoms with Gasteiger partial charge in [-0.05, 0) is 61.3 Å². The normalized spacial score (nSPS) is 23.4. The average Bonchev–Trinajstić information content (AvgIpc) is 3.21. The zero-order chi connectivity index (χ0) is 25.7. The summed E-state index contributed by atoms with van der Waals surface area (Å²) in [6.45, 7) is 5.94. The summed E-state index contributed by atoms with van der Waals surface area (Å²) in [5.74, 6) is 0.240. The van der Waals surface area contributed by atoms with Crippen LogP contribution in [0.5, 0.6) is 0 Å². The van der Waals surface area contributed by atoms with Crippen molar-refractivity contribution < 1.29 is 9.59 Å². The van der Waals surface area contributed by atoms with E-state index in [0.29, 0.717) is 31.0 Å². The van der Waals surface area contributed by atoms with Crippen LogP contribution in [0.2, 0.25) is 5.02 Å². The van der Waals surface area contributed by atoms with E-state index in [9.17, 15) is 9.59 Å². The monoisotopic (exact) mass is 510 g/mol. The van der Waals surface area contributed by atoms with Crippen molar-refractivity contribution in [2.75, 3.05) is 13.1 Å². The van der Waals surface area contributed by atoms with E-state index in [4.69, 9.17) is 17.3 Å². The van der Waals surface area contributed by atoms with Gasteiger partial charge in [-0.15, -0.1) is 0 Å². The second kappa shape index (κ2) is 12.2. The first-order valence-electron chi connectivity index (χ1n) is 13.2. The molecule has 2 aliphatic rings. The molecule has 2 aliphatic heterocycles. The van der Waals surface area contributed by atoms with Gasteiger partial charge in [-0.3, -0.25) is 14.5 Å². The van der Waals surface area contributed by atoms with Gasteiger partial charge >= 0.3 is 0 Å². The quantitative estimate of drug-likeness (QED) is 0.534. The molecule has 0 saturated carbocycles. The smallest absolute Gasteiger partial charge is 0.243 e. The number of carbonyl (C=O) groups is 2. The summed E-state index contributed by atoms with van der Waals surface area (Å²) in [7, 11) is 0. The molecule has 2 fully saturated rings. The Morgan fingerprint density at radius 1 is 1.11 bits per heavy atom. The third-order valence-corrected chi connectivity index (χ3v) is 7.73. The van der Waals surface area contributed by atoms with Crippen molar-refractivity contribution in [3.63, 3.8) is 0 Å². The zero-order valence-electron chi connectivity index (χ0n) is 21.4. The molecule has 194 valence electrons. The molecule has 2 aromatic carbocycles. The van der Waals surface area contributed by atoms with Crippen LogP contribution >= 0.6 is 11.6 Å². The number of amides is 2. The number of rotatable bonds is 9. The number of halogens is 1. The summed E-state index contributed by atoms with van der Waals surface area (Å²) in [6.07, 6.45) is 4.07. The topological polar surface area (TPSA) is 78.7 Å². The minimum atomic E-state index is -0.489. The Morgan fingerprint density at radius 3 is 2.53 bits per heavy atom. The Balaban J connectivity index is 1.49. The van der Waals surface area contributed by atoms with Gasteiger partial charge in [0.1, 0.15) is 6.04 Å². The Kier molecular flexibility index (Phi) is 9.04. The number of aryl methyl sites for hydroxylation is 1. The van der Waals surface area contributed by atoms with Crippen molar-refractivity contribution in [3.05, 3.63) is 70.7 Å². The van der Waals surface area contributed by atoms with Crippen LogP contribution in [0.15, 0.2) is 54.6 Å². The molecular weight excluding hydrogens is 472 g/mol. The van der Waals surface area contributed by atoms with Crippen LogP contribution < -0.4 is 11.1 Å². The van der Waals surface area contributed by atoms with Crippen molar-refractivity contribution in [1.82, 2.24) is 15.1 Å². The molecule has 0 aliphatic carbocycles. The van der Waals surface area contributed by atoms with Crippen LogP contribution in [0.25, 0.3) is 0 Å². The van der Waals surface area contributed by atoms with E-state index in [2.05, 4.69) is 48.3 Å². The highest BCUT2D eigenvalue weighted by atomic mass is 35.5. The number of nitrogens with zero attached hydrogens (tertiary/aromatic N) is 2. The molecule has 4 atom stereocenters. The molecule has 36 heavy (non-hydrogen) atoms. The number of benzene rings is 2. The lowest BCUT2D eigenvalue weighted by Crippen LogP contribution is -2.53. The Labute approximate surface area is 220 Å². The van der Waals surface area contributed by atoms with Crippen molar-refractivity contribution in [2.24, 2.45) is 11.7 Å². The number of hydrogen-bond acceptors (Lipinski definition) is 4. The second-order valence-electron chi connectivity index (χ2n) is 10.7. The maximum Gasteiger partial charge on any atom is 0.243 e. The van der Waals surface area contributed by atoms with Gasteiger partial charge in [0.15, 0.2) is 0 Å². The van der Waals surface area contributed by atoms with E-state index in [1.165, 1.54) is 5.56 Å². The fourth-order valence-corrected chi connectivity index (χ4v) is 5.75. The fourth-order valence-electron chi connectivity index (χ4n) is 5.63. The molecule has 2 saturated heterocycles. The van der Waals surface area contributed by atoms with Crippen LogP contribution in [0.1, 0.15) is 50.7 Å². The van der Waals surface area contributed by atoms with Gasteiger partial charge in [0, 0.05) is 36.7 Å². The first-order chi connectivity index (χ1) is 17.3. The highest BCUT2D eigenvalue weighted by Crippen LogP contribution is 2.30. The minimum Gasteiger partial charge on any atom is -0.350 e. The number of nitrogens with two attached hydrogens (primary N) is 1.